The van der Waals surface area contributed by atoms with Gasteiger partial charge in [-0.05, 0) is 51.8 Å². The monoisotopic (exact) mass is 369 g/mol. The van der Waals surface area contributed by atoms with E-state index < -0.39 is 0 Å². The van der Waals surface area contributed by atoms with Gasteiger partial charge in [-0.15, -0.1) is 0 Å². The molecule has 0 atom stereocenters. The molecule has 1 aromatic heterocycles. The van der Waals surface area contributed by atoms with Crippen molar-refractivity contribution in [1.82, 2.24) is 0 Å². The minimum absolute atomic E-state index is 0.414. The predicted octanol–water partition coefficient (Wildman–Crippen LogP) is 6.11. The van der Waals surface area contributed by atoms with Crippen LogP contribution in [0.3, 0.4) is 0 Å². The van der Waals surface area contributed by atoms with Crippen LogP contribution in [-0.4, -0.2) is 0 Å². The van der Waals surface area contributed by atoms with Crippen molar-refractivity contribution >= 4 is 55.8 Å². The summed E-state index contributed by atoms with van der Waals surface area (Å²) in [4.78, 5) is 0. The molecule has 0 spiro atoms. The standard InChI is InChI=1S/C15H10BrCl2NO/c16-12-6-5-9(17)7-13(12)19-8-11-10-3-1-2-4-14(10)20-15(11)18/h1-7,19H,8H2. The van der Waals surface area contributed by atoms with Gasteiger partial charge in [0.05, 0.1) is 5.69 Å². The number of furan rings is 1. The van der Waals surface area contributed by atoms with Gasteiger partial charge in [0.1, 0.15) is 5.58 Å². The summed E-state index contributed by atoms with van der Waals surface area (Å²) in [6, 6.07) is 13.4. The fraction of sp³-hybridized carbons (Fsp3) is 0.0667. The fourth-order valence-electron chi connectivity index (χ4n) is 2.05. The van der Waals surface area contributed by atoms with Crippen molar-refractivity contribution in [3.05, 3.63) is 62.7 Å². The average molecular weight is 371 g/mol. The van der Waals surface area contributed by atoms with E-state index in [2.05, 4.69) is 21.2 Å². The van der Waals surface area contributed by atoms with Crippen LogP contribution in [0.5, 0.6) is 0 Å². The van der Waals surface area contributed by atoms with Crippen molar-refractivity contribution in [2.24, 2.45) is 0 Å². The van der Waals surface area contributed by atoms with Gasteiger partial charge in [-0.25, -0.2) is 0 Å². The van der Waals surface area contributed by atoms with Gasteiger partial charge in [-0.1, -0.05) is 29.8 Å². The number of para-hydroxylation sites is 1. The number of halogens is 3. The normalized spacial score (nSPS) is 10.9. The first-order valence-electron chi connectivity index (χ1n) is 6.00. The van der Waals surface area contributed by atoms with Gasteiger partial charge in [-0.2, -0.15) is 0 Å². The maximum atomic E-state index is 6.16. The number of anilines is 1. The van der Waals surface area contributed by atoms with E-state index in [1.54, 1.807) is 0 Å². The summed E-state index contributed by atoms with van der Waals surface area (Å²) in [6.45, 7) is 0.564. The van der Waals surface area contributed by atoms with Crippen LogP contribution in [0.2, 0.25) is 10.2 Å². The Kier molecular flexibility index (Phi) is 3.92. The molecule has 1 heterocycles. The van der Waals surface area contributed by atoms with Crippen LogP contribution in [0.15, 0.2) is 51.4 Å². The van der Waals surface area contributed by atoms with Crippen LogP contribution in [0, 0.1) is 0 Å². The summed E-state index contributed by atoms with van der Waals surface area (Å²) in [5.41, 5.74) is 2.65. The Hall–Kier alpha value is -1.16. The minimum Gasteiger partial charge on any atom is -0.444 e. The van der Waals surface area contributed by atoms with Gasteiger partial charge < -0.3 is 9.73 Å². The summed E-state index contributed by atoms with van der Waals surface area (Å²) in [5.74, 6) is 0. The molecule has 0 aliphatic heterocycles. The highest BCUT2D eigenvalue weighted by Gasteiger charge is 2.12. The van der Waals surface area contributed by atoms with Crippen molar-refractivity contribution in [3.63, 3.8) is 0 Å². The summed E-state index contributed by atoms with van der Waals surface area (Å²) in [7, 11) is 0. The zero-order valence-corrected chi connectivity index (χ0v) is 13.4. The molecule has 20 heavy (non-hydrogen) atoms. The summed E-state index contributed by atoms with van der Waals surface area (Å²) in [6.07, 6.45) is 0. The smallest absolute Gasteiger partial charge is 0.199 e. The molecule has 0 saturated heterocycles. The van der Waals surface area contributed by atoms with Crippen molar-refractivity contribution in [3.8, 4) is 0 Å². The zero-order valence-electron chi connectivity index (χ0n) is 10.3. The molecule has 0 unspecified atom stereocenters. The van der Waals surface area contributed by atoms with Crippen LogP contribution >= 0.6 is 39.1 Å². The van der Waals surface area contributed by atoms with Crippen molar-refractivity contribution in [2.45, 2.75) is 6.54 Å². The Morgan fingerprint density at radius 1 is 1.10 bits per heavy atom. The summed E-state index contributed by atoms with van der Waals surface area (Å²) < 4.78 is 6.48. The lowest BCUT2D eigenvalue weighted by Crippen LogP contribution is -1.99. The highest BCUT2D eigenvalue weighted by molar-refractivity contribution is 9.10. The molecule has 5 heteroatoms. The molecule has 3 aromatic rings. The van der Waals surface area contributed by atoms with Crippen LogP contribution < -0.4 is 5.32 Å². The zero-order chi connectivity index (χ0) is 14.1. The van der Waals surface area contributed by atoms with Gasteiger partial charge >= 0.3 is 0 Å². The first-order valence-corrected chi connectivity index (χ1v) is 7.55. The first-order chi connectivity index (χ1) is 9.65. The number of nitrogens with one attached hydrogen (secondary N) is 1. The quantitative estimate of drug-likeness (QED) is 0.601. The van der Waals surface area contributed by atoms with Gasteiger partial charge in [0.25, 0.3) is 0 Å². The third-order valence-corrected chi connectivity index (χ3v) is 4.26. The average Bonchev–Trinajstić information content (AvgIpc) is 2.75. The van der Waals surface area contributed by atoms with Crippen LogP contribution in [0.4, 0.5) is 5.69 Å². The molecule has 2 nitrogen and oxygen atoms in total. The maximum Gasteiger partial charge on any atom is 0.199 e. The molecule has 0 aliphatic carbocycles. The van der Waals surface area contributed by atoms with E-state index in [4.69, 9.17) is 27.6 Å². The molecule has 1 N–H and O–H groups in total. The molecule has 0 amide bonds. The second-order valence-electron chi connectivity index (χ2n) is 4.33. The molecule has 0 fully saturated rings. The molecular formula is C15H10BrCl2NO. The molecule has 0 bridgehead atoms. The molecular weight excluding hydrogens is 361 g/mol. The molecule has 0 saturated carbocycles. The van der Waals surface area contributed by atoms with Crippen LogP contribution in [0.25, 0.3) is 11.0 Å². The van der Waals surface area contributed by atoms with Crippen molar-refractivity contribution in [1.29, 1.82) is 0 Å². The number of hydrogen-bond donors (Lipinski definition) is 1. The largest absolute Gasteiger partial charge is 0.444 e. The number of hydrogen-bond acceptors (Lipinski definition) is 2. The molecule has 2 aromatic carbocycles. The van der Waals surface area contributed by atoms with E-state index in [1.807, 2.05) is 42.5 Å². The van der Waals surface area contributed by atoms with Gasteiger partial charge in [0, 0.05) is 27.0 Å². The fourth-order valence-corrected chi connectivity index (χ4v) is 2.86. The van der Waals surface area contributed by atoms with E-state index in [-0.39, 0.29) is 0 Å². The topological polar surface area (TPSA) is 25.2 Å². The lowest BCUT2D eigenvalue weighted by atomic mass is 10.2. The third-order valence-electron chi connectivity index (χ3n) is 3.03. The van der Waals surface area contributed by atoms with Crippen molar-refractivity contribution in [2.75, 3.05) is 5.32 Å². The summed E-state index contributed by atoms with van der Waals surface area (Å²) >= 11 is 15.6. The van der Waals surface area contributed by atoms with E-state index in [0.29, 0.717) is 16.8 Å². The summed E-state index contributed by atoms with van der Waals surface area (Å²) in [5, 5.41) is 5.42. The lowest BCUT2D eigenvalue weighted by molar-refractivity contribution is 0.613. The number of benzene rings is 2. The second kappa shape index (κ2) is 5.68. The van der Waals surface area contributed by atoms with Gasteiger partial charge in [-0.3, -0.25) is 0 Å². The minimum atomic E-state index is 0.414. The highest BCUT2D eigenvalue weighted by atomic mass is 79.9. The Morgan fingerprint density at radius 2 is 1.90 bits per heavy atom. The molecule has 0 aliphatic rings. The van der Waals surface area contributed by atoms with Crippen LogP contribution in [-0.2, 0) is 6.54 Å². The van der Waals surface area contributed by atoms with Gasteiger partial charge in [0.2, 0.25) is 0 Å². The Balaban J connectivity index is 1.90. The maximum absolute atomic E-state index is 6.16. The van der Waals surface area contributed by atoms with E-state index >= 15 is 0 Å². The highest BCUT2D eigenvalue weighted by Crippen LogP contribution is 2.31. The van der Waals surface area contributed by atoms with Crippen molar-refractivity contribution < 1.29 is 4.42 Å². The van der Waals surface area contributed by atoms with E-state index in [9.17, 15) is 0 Å². The van der Waals surface area contributed by atoms with E-state index in [0.717, 1.165) is 26.7 Å². The second-order valence-corrected chi connectivity index (χ2v) is 5.96. The number of rotatable bonds is 3. The molecule has 0 radical (unpaired) electrons. The Morgan fingerprint density at radius 3 is 2.75 bits per heavy atom. The van der Waals surface area contributed by atoms with Gasteiger partial charge in [0.15, 0.2) is 5.22 Å². The third kappa shape index (κ3) is 2.66. The van der Waals surface area contributed by atoms with E-state index in [1.165, 1.54) is 0 Å². The van der Waals surface area contributed by atoms with Crippen LogP contribution in [0.1, 0.15) is 5.56 Å². The Labute approximate surface area is 134 Å². The predicted molar refractivity (Wildman–Crippen MR) is 87.7 cm³/mol. The molecule has 102 valence electrons. The molecule has 3 rings (SSSR count). The Bertz CT molecular complexity index is 770. The first kappa shape index (κ1) is 13.8. The SMILES string of the molecule is Clc1ccc(Br)c(NCc2c(Cl)oc3ccccc23)c1. The lowest BCUT2D eigenvalue weighted by Gasteiger charge is -2.08. The number of fused-ring (bicyclic) bond motifs is 1.